The third-order valence-electron chi connectivity index (χ3n) is 3.35. The van der Waals surface area contributed by atoms with Gasteiger partial charge in [-0.2, -0.15) is 0 Å². The molecule has 2 N–H and O–H groups in total. The summed E-state index contributed by atoms with van der Waals surface area (Å²) in [4.78, 5) is 21.1. The number of amides is 1. The third-order valence-corrected chi connectivity index (χ3v) is 4.52. The van der Waals surface area contributed by atoms with Gasteiger partial charge in [0.2, 0.25) is 0 Å². The van der Waals surface area contributed by atoms with E-state index >= 15 is 0 Å². The SMILES string of the molecule is CCN(C)c1nc(N)c(C(=O)N2CCC(C)C2)s1. The molecule has 100 valence electrons. The highest BCUT2D eigenvalue weighted by molar-refractivity contribution is 7.18. The van der Waals surface area contributed by atoms with E-state index in [0.717, 1.165) is 31.2 Å². The van der Waals surface area contributed by atoms with Crippen molar-refractivity contribution in [2.75, 3.05) is 37.3 Å². The number of carbonyl (C=O) groups is 1. The molecule has 0 saturated carbocycles. The number of aromatic nitrogens is 1. The Morgan fingerprint density at radius 2 is 2.39 bits per heavy atom. The summed E-state index contributed by atoms with van der Waals surface area (Å²) in [6, 6.07) is 0. The molecule has 1 aromatic rings. The minimum absolute atomic E-state index is 0.0325. The van der Waals surface area contributed by atoms with Gasteiger partial charge in [0, 0.05) is 26.7 Å². The number of carbonyl (C=O) groups excluding carboxylic acids is 1. The van der Waals surface area contributed by atoms with E-state index in [1.54, 1.807) is 0 Å². The highest BCUT2D eigenvalue weighted by Crippen LogP contribution is 2.30. The number of nitrogen functional groups attached to an aromatic ring is 1. The number of nitrogens with zero attached hydrogens (tertiary/aromatic N) is 3. The van der Waals surface area contributed by atoms with E-state index in [4.69, 9.17) is 5.73 Å². The smallest absolute Gasteiger partial charge is 0.267 e. The zero-order chi connectivity index (χ0) is 13.3. The maximum atomic E-state index is 12.3. The first-order valence-corrected chi connectivity index (χ1v) is 7.11. The summed E-state index contributed by atoms with van der Waals surface area (Å²) in [6.45, 7) is 6.72. The Morgan fingerprint density at radius 1 is 1.67 bits per heavy atom. The topological polar surface area (TPSA) is 62.5 Å². The van der Waals surface area contributed by atoms with Gasteiger partial charge < -0.3 is 15.5 Å². The van der Waals surface area contributed by atoms with Gasteiger partial charge in [0.1, 0.15) is 10.7 Å². The summed E-state index contributed by atoms with van der Waals surface area (Å²) < 4.78 is 0. The van der Waals surface area contributed by atoms with Crippen molar-refractivity contribution >= 4 is 28.2 Å². The van der Waals surface area contributed by atoms with E-state index in [2.05, 4.69) is 11.9 Å². The predicted molar refractivity (Wildman–Crippen MR) is 75.2 cm³/mol. The first-order chi connectivity index (χ1) is 8.52. The van der Waals surface area contributed by atoms with Crippen LogP contribution in [-0.4, -0.2) is 42.5 Å². The van der Waals surface area contributed by atoms with Crippen molar-refractivity contribution in [2.45, 2.75) is 20.3 Å². The van der Waals surface area contributed by atoms with Gasteiger partial charge in [0.25, 0.3) is 5.91 Å². The van der Waals surface area contributed by atoms with Gasteiger partial charge in [-0.15, -0.1) is 0 Å². The van der Waals surface area contributed by atoms with Crippen LogP contribution in [0.3, 0.4) is 0 Å². The number of thiazole rings is 1. The van der Waals surface area contributed by atoms with E-state index in [-0.39, 0.29) is 5.91 Å². The fraction of sp³-hybridized carbons (Fsp3) is 0.667. The highest BCUT2D eigenvalue weighted by Gasteiger charge is 2.27. The van der Waals surface area contributed by atoms with Crippen LogP contribution in [0.15, 0.2) is 0 Å². The lowest BCUT2D eigenvalue weighted by atomic mass is 10.2. The molecule has 1 amide bonds. The summed E-state index contributed by atoms with van der Waals surface area (Å²) in [5.74, 6) is 0.978. The van der Waals surface area contributed by atoms with Crippen LogP contribution in [-0.2, 0) is 0 Å². The molecule has 1 fully saturated rings. The molecule has 18 heavy (non-hydrogen) atoms. The summed E-state index contributed by atoms with van der Waals surface area (Å²) >= 11 is 1.39. The number of anilines is 2. The second-order valence-corrected chi connectivity index (χ2v) is 5.85. The van der Waals surface area contributed by atoms with Crippen LogP contribution in [0.2, 0.25) is 0 Å². The Labute approximate surface area is 112 Å². The third kappa shape index (κ3) is 2.43. The largest absolute Gasteiger partial charge is 0.382 e. The zero-order valence-corrected chi connectivity index (χ0v) is 12.0. The van der Waals surface area contributed by atoms with Gasteiger partial charge in [0.05, 0.1) is 0 Å². The predicted octanol–water partition coefficient (Wildman–Crippen LogP) is 1.66. The summed E-state index contributed by atoms with van der Waals surface area (Å²) in [5, 5.41) is 0.811. The highest BCUT2D eigenvalue weighted by atomic mass is 32.1. The van der Waals surface area contributed by atoms with Crippen LogP contribution in [0.1, 0.15) is 29.9 Å². The Bertz CT molecular complexity index is 445. The molecule has 0 aliphatic carbocycles. The van der Waals surface area contributed by atoms with E-state index in [0.29, 0.717) is 16.6 Å². The molecule has 2 heterocycles. The molecular formula is C12H20N4OS. The van der Waals surface area contributed by atoms with E-state index in [9.17, 15) is 4.79 Å². The van der Waals surface area contributed by atoms with Crippen molar-refractivity contribution in [3.05, 3.63) is 4.88 Å². The average molecular weight is 268 g/mol. The Kier molecular flexibility index (Phi) is 3.75. The molecule has 0 bridgehead atoms. The Hall–Kier alpha value is -1.30. The summed E-state index contributed by atoms with van der Waals surface area (Å²) in [5.41, 5.74) is 5.86. The van der Waals surface area contributed by atoms with Gasteiger partial charge in [-0.25, -0.2) is 4.98 Å². The van der Waals surface area contributed by atoms with Gasteiger partial charge in [-0.3, -0.25) is 4.79 Å². The lowest BCUT2D eigenvalue weighted by molar-refractivity contribution is 0.0793. The van der Waals surface area contributed by atoms with Crippen molar-refractivity contribution in [1.29, 1.82) is 0 Å². The average Bonchev–Trinajstić information content (AvgIpc) is 2.94. The maximum absolute atomic E-state index is 12.3. The molecule has 1 aliphatic heterocycles. The van der Waals surface area contributed by atoms with Gasteiger partial charge >= 0.3 is 0 Å². The molecule has 6 heteroatoms. The molecule has 1 aromatic heterocycles. The Balaban J connectivity index is 2.17. The normalized spacial score (nSPS) is 19.3. The number of hydrogen-bond acceptors (Lipinski definition) is 5. The fourth-order valence-electron chi connectivity index (χ4n) is 2.04. The van der Waals surface area contributed by atoms with Gasteiger partial charge in [0.15, 0.2) is 5.13 Å². The molecular weight excluding hydrogens is 248 g/mol. The van der Waals surface area contributed by atoms with Crippen LogP contribution in [0.5, 0.6) is 0 Å². The minimum Gasteiger partial charge on any atom is -0.382 e. The lowest BCUT2D eigenvalue weighted by Gasteiger charge is -2.14. The number of likely N-dealkylation sites (tertiary alicyclic amines) is 1. The number of nitrogens with two attached hydrogens (primary N) is 1. The van der Waals surface area contributed by atoms with Crippen LogP contribution >= 0.6 is 11.3 Å². The second kappa shape index (κ2) is 5.14. The quantitative estimate of drug-likeness (QED) is 0.905. The standard InChI is InChI=1S/C12H20N4OS/c1-4-15(3)12-14-10(13)9(18-12)11(17)16-6-5-8(2)7-16/h8H,4-7,13H2,1-3H3. The first-order valence-electron chi connectivity index (χ1n) is 6.29. The van der Waals surface area contributed by atoms with Crippen LogP contribution in [0.4, 0.5) is 10.9 Å². The second-order valence-electron chi connectivity index (χ2n) is 4.87. The Morgan fingerprint density at radius 3 is 2.94 bits per heavy atom. The summed E-state index contributed by atoms with van der Waals surface area (Å²) in [6.07, 6.45) is 1.08. The fourth-order valence-corrected chi connectivity index (χ4v) is 3.01. The summed E-state index contributed by atoms with van der Waals surface area (Å²) in [7, 11) is 1.95. The molecule has 5 nitrogen and oxygen atoms in total. The maximum Gasteiger partial charge on any atom is 0.267 e. The molecule has 1 unspecified atom stereocenters. The van der Waals surface area contributed by atoms with E-state index < -0.39 is 0 Å². The van der Waals surface area contributed by atoms with Gasteiger partial charge in [-0.1, -0.05) is 18.3 Å². The molecule has 1 saturated heterocycles. The molecule has 0 spiro atoms. The van der Waals surface area contributed by atoms with Crippen molar-refractivity contribution < 1.29 is 4.79 Å². The monoisotopic (exact) mass is 268 g/mol. The van der Waals surface area contributed by atoms with Crippen molar-refractivity contribution in [1.82, 2.24) is 9.88 Å². The van der Waals surface area contributed by atoms with Crippen LogP contribution in [0, 0.1) is 5.92 Å². The molecule has 2 rings (SSSR count). The van der Waals surface area contributed by atoms with Crippen molar-refractivity contribution in [3.8, 4) is 0 Å². The molecule has 1 atom stereocenters. The number of hydrogen-bond donors (Lipinski definition) is 1. The lowest BCUT2D eigenvalue weighted by Crippen LogP contribution is -2.28. The zero-order valence-electron chi connectivity index (χ0n) is 11.1. The molecule has 0 radical (unpaired) electrons. The van der Waals surface area contributed by atoms with Crippen molar-refractivity contribution in [3.63, 3.8) is 0 Å². The molecule has 0 aromatic carbocycles. The van der Waals surface area contributed by atoms with Crippen LogP contribution < -0.4 is 10.6 Å². The van der Waals surface area contributed by atoms with Gasteiger partial charge in [-0.05, 0) is 19.3 Å². The van der Waals surface area contributed by atoms with E-state index in [1.165, 1.54) is 11.3 Å². The van der Waals surface area contributed by atoms with E-state index in [1.807, 2.05) is 23.8 Å². The molecule has 1 aliphatic rings. The number of rotatable bonds is 3. The minimum atomic E-state index is 0.0325. The van der Waals surface area contributed by atoms with Crippen LogP contribution in [0.25, 0.3) is 0 Å². The first kappa shape index (κ1) is 13.1. The van der Waals surface area contributed by atoms with Crippen molar-refractivity contribution in [2.24, 2.45) is 5.92 Å².